The van der Waals surface area contributed by atoms with E-state index in [1.165, 1.54) is 222 Å². The van der Waals surface area contributed by atoms with E-state index >= 15 is 0 Å². The molecule has 0 saturated heterocycles. The standard InChI is InChI=1S/C43H80O.Zn/c1-4-6-8-10-12-14-16-18-20-22-24-26-28-30-32-34-36-41-38-40(3)39-42(43(41)44)37-35-33-31-29-27-25-23-21-19-17-15-13-11-9-7-5-2;/h38-39,44H,4-37H2,1-3H3;. The van der Waals surface area contributed by atoms with Crippen LogP contribution in [0.2, 0.25) is 0 Å². The summed E-state index contributed by atoms with van der Waals surface area (Å²) in [6.07, 6.45) is 47.1. The van der Waals surface area contributed by atoms with Crippen molar-refractivity contribution in [2.45, 2.75) is 239 Å². The number of benzene rings is 1. The quantitative estimate of drug-likeness (QED) is 0.0568. The Morgan fingerprint density at radius 1 is 0.356 bits per heavy atom. The SMILES string of the molecule is CCCCCCCCCCCCCCCCCCc1cc(C)cc(CCCCCCCCCCCCCCCCCC)c1O.[Zn]. The van der Waals surface area contributed by atoms with Crippen LogP contribution < -0.4 is 0 Å². The summed E-state index contributed by atoms with van der Waals surface area (Å²) in [7, 11) is 0. The van der Waals surface area contributed by atoms with Crippen LogP contribution >= 0.6 is 0 Å². The van der Waals surface area contributed by atoms with Crippen LogP contribution in [0.5, 0.6) is 5.75 Å². The first kappa shape index (κ1) is 44.6. The Morgan fingerprint density at radius 3 is 0.778 bits per heavy atom. The van der Waals surface area contributed by atoms with Crippen LogP contribution in [0.3, 0.4) is 0 Å². The van der Waals surface area contributed by atoms with Gasteiger partial charge in [-0.1, -0.05) is 224 Å². The first-order chi connectivity index (χ1) is 21.7. The fourth-order valence-electron chi connectivity index (χ4n) is 7.04. The van der Waals surface area contributed by atoms with Crippen molar-refractivity contribution in [2.24, 2.45) is 0 Å². The third-order valence-electron chi connectivity index (χ3n) is 10.0. The van der Waals surface area contributed by atoms with Crippen molar-refractivity contribution in [1.82, 2.24) is 0 Å². The maximum atomic E-state index is 11.0. The molecule has 0 atom stereocenters. The predicted octanol–water partition coefficient (Wildman–Crippen LogP) is 15.3. The minimum Gasteiger partial charge on any atom is -0.507 e. The smallest absolute Gasteiger partial charge is 0.121 e. The zero-order valence-corrected chi connectivity index (χ0v) is 34.3. The molecule has 0 spiro atoms. The fourth-order valence-corrected chi connectivity index (χ4v) is 7.04. The van der Waals surface area contributed by atoms with E-state index in [1.54, 1.807) is 0 Å². The average Bonchev–Trinajstić information content (AvgIpc) is 3.02. The molecule has 1 aromatic rings. The van der Waals surface area contributed by atoms with E-state index in [2.05, 4.69) is 32.9 Å². The van der Waals surface area contributed by atoms with Gasteiger partial charge in [-0.05, 0) is 43.7 Å². The maximum absolute atomic E-state index is 11.0. The predicted molar refractivity (Wildman–Crippen MR) is 199 cm³/mol. The Labute approximate surface area is 297 Å². The van der Waals surface area contributed by atoms with E-state index in [0.29, 0.717) is 5.75 Å². The van der Waals surface area contributed by atoms with Gasteiger partial charge in [0.1, 0.15) is 5.75 Å². The van der Waals surface area contributed by atoms with Gasteiger partial charge in [0.25, 0.3) is 0 Å². The van der Waals surface area contributed by atoms with Crippen LogP contribution in [0, 0.1) is 6.92 Å². The summed E-state index contributed by atoms with van der Waals surface area (Å²) in [5, 5.41) is 11.0. The van der Waals surface area contributed by atoms with Gasteiger partial charge in [0.15, 0.2) is 0 Å². The minimum absolute atomic E-state index is 0. The molecular formula is C43H80OZn. The number of hydrogen-bond donors (Lipinski definition) is 1. The van der Waals surface area contributed by atoms with E-state index in [9.17, 15) is 5.11 Å². The number of aromatic hydroxyl groups is 1. The Kier molecular flexibility index (Phi) is 34.7. The van der Waals surface area contributed by atoms with Gasteiger partial charge in [-0.25, -0.2) is 0 Å². The molecule has 0 amide bonds. The molecule has 45 heavy (non-hydrogen) atoms. The summed E-state index contributed by atoms with van der Waals surface area (Å²) in [6, 6.07) is 4.47. The van der Waals surface area contributed by atoms with Crippen LogP contribution in [0.1, 0.15) is 236 Å². The molecule has 2 heteroatoms. The topological polar surface area (TPSA) is 20.2 Å². The van der Waals surface area contributed by atoms with Gasteiger partial charge < -0.3 is 5.11 Å². The van der Waals surface area contributed by atoms with E-state index in [4.69, 9.17) is 0 Å². The molecule has 1 nitrogen and oxygen atoms in total. The first-order valence-corrected chi connectivity index (χ1v) is 20.5. The first-order valence-electron chi connectivity index (χ1n) is 20.5. The molecule has 0 aromatic heterocycles. The van der Waals surface area contributed by atoms with E-state index < -0.39 is 0 Å². The molecule has 1 aromatic carbocycles. The van der Waals surface area contributed by atoms with E-state index in [-0.39, 0.29) is 19.5 Å². The normalized spacial score (nSPS) is 11.3. The monoisotopic (exact) mass is 677 g/mol. The van der Waals surface area contributed by atoms with Crippen LogP contribution in [0.4, 0.5) is 0 Å². The van der Waals surface area contributed by atoms with E-state index in [0.717, 1.165) is 12.8 Å². The maximum Gasteiger partial charge on any atom is 0.121 e. The average molecular weight is 679 g/mol. The fraction of sp³-hybridized carbons (Fsp3) is 0.860. The summed E-state index contributed by atoms with van der Waals surface area (Å²) in [4.78, 5) is 0. The van der Waals surface area contributed by atoms with E-state index in [1.807, 2.05) is 0 Å². The van der Waals surface area contributed by atoms with Crippen LogP contribution in [-0.4, -0.2) is 5.11 Å². The van der Waals surface area contributed by atoms with Crippen molar-refractivity contribution >= 4 is 0 Å². The molecule has 0 fully saturated rings. The summed E-state index contributed by atoms with van der Waals surface area (Å²) in [5.74, 6) is 0.609. The summed E-state index contributed by atoms with van der Waals surface area (Å²) in [6.45, 7) is 6.80. The van der Waals surface area contributed by atoms with Crippen molar-refractivity contribution in [3.8, 4) is 5.75 Å². The molecule has 260 valence electrons. The van der Waals surface area contributed by atoms with Crippen LogP contribution in [-0.2, 0) is 32.3 Å². The molecule has 0 bridgehead atoms. The van der Waals surface area contributed by atoms with Crippen molar-refractivity contribution in [3.05, 3.63) is 28.8 Å². The molecule has 1 N–H and O–H groups in total. The second-order valence-corrected chi connectivity index (χ2v) is 14.5. The largest absolute Gasteiger partial charge is 0.507 e. The Bertz CT molecular complexity index is 672. The molecule has 0 aliphatic carbocycles. The Morgan fingerprint density at radius 2 is 0.556 bits per heavy atom. The van der Waals surface area contributed by atoms with Gasteiger partial charge in [0, 0.05) is 19.5 Å². The van der Waals surface area contributed by atoms with Gasteiger partial charge in [-0.2, -0.15) is 0 Å². The zero-order chi connectivity index (χ0) is 31.8. The van der Waals surface area contributed by atoms with Gasteiger partial charge in [0.2, 0.25) is 0 Å². The molecule has 0 radical (unpaired) electrons. The van der Waals surface area contributed by atoms with Gasteiger partial charge in [0.05, 0.1) is 0 Å². The third-order valence-corrected chi connectivity index (χ3v) is 10.0. The van der Waals surface area contributed by atoms with Gasteiger partial charge >= 0.3 is 0 Å². The van der Waals surface area contributed by atoms with Gasteiger partial charge in [-0.15, -0.1) is 0 Å². The Balaban J connectivity index is 0.0000194. The molecule has 0 heterocycles. The number of unbranched alkanes of at least 4 members (excludes halogenated alkanes) is 30. The van der Waals surface area contributed by atoms with Crippen molar-refractivity contribution < 1.29 is 24.6 Å². The van der Waals surface area contributed by atoms with Crippen molar-refractivity contribution in [1.29, 1.82) is 0 Å². The number of aryl methyl sites for hydroxylation is 3. The van der Waals surface area contributed by atoms with Crippen LogP contribution in [0.25, 0.3) is 0 Å². The second-order valence-electron chi connectivity index (χ2n) is 14.5. The van der Waals surface area contributed by atoms with Crippen molar-refractivity contribution in [3.63, 3.8) is 0 Å². The number of hydrogen-bond acceptors (Lipinski definition) is 1. The zero-order valence-electron chi connectivity index (χ0n) is 31.4. The minimum atomic E-state index is 0. The molecule has 0 unspecified atom stereocenters. The molecular weight excluding hydrogens is 598 g/mol. The van der Waals surface area contributed by atoms with Crippen molar-refractivity contribution in [2.75, 3.05) is 0 Å². The Hall–Kier alpha value is -0.357. The van der Waals surface area contributed by atoms with Gasteiger partial charge in [-0.3, -0.25) is 0 Å². The summed E-state index contributed by atoms with van der Waals surface area (Å²) >= 11 is 0. The second kappa shape index (κ2) is 35.0. The number of rotatable bonds is 34. The third kappa shape index (κ3) is 28.4. The molecule has 1 rings (SSSR count). The summed E-state index contributed by atoms with van der Waals surface area (Å²) < 4.78 is 0. The summed E-state index contributed by atoms with van der Waals surface area (Å²) in [5.41, 5.74) is 3.71. The van der Waals surface area contributed by atoms with Crippen LogP contribution in [0.15, 0.2) is 12.1 Å². The molecule has 0 aliphatic heterocycles. The number of phenolic OH excluding ortho intramolecular Hbond substituents is 1. The number of phenols is 1. The molecule has 0 aliphatic rings. The molecule has 0 saturated carbocycles.